The Balaban J connectivity index is 1.67. The number of carbonyl (C=O) groups excluding carboxylic acids is 1. The summed E-state index contributed by atoms with van der Waals surface area (Å²) in [6.45, 7) is 4.28. The zero-order valence-corrected chi connectivity index (χ0v) is 17.2. The van der Waals surface area contributed by atoms with Crippen molar-refractivity contribution in [3.63, 3.8) is 0 Å². The van der Waals surface area contributed by atoms with Gasteiger partial charge in [-0.25, -0.2) is 0 Å². The first-order chi connectivity index (χ1) is 13.5. The van der Waals surface area contributed by atoms with Crippen molar-refractivity contribution < 1.29 is 14.6 Å². The molecule has 1 saturated heterocycles. The number of amides is 1. The molecule has 0 saturated carbocycles. The lowest BCUT2D eigenvalue weighted by molar-refractivity contribution is -0.119. The van der Waals surface area contributed by atoms with Crippen molar-refractivity contribution in [1.82, 2.24) is 4.90 Å². The molecule has 2 aromatic carbocycles. The largest absolute Gasteiger partial charge is 0.508 e. The number of hydrogen-bond donors (Lipinski definition) is 1. The van der Waals surface area contributed by atoms with E-state index in [4.69, 9.17) is 16.3 Å². The molecule has 5 nitrogen and oxygen atoms in total. The van der Waals surface area contributed by atoms with Gasteiger partial charge in [0.05, 0.1) is 7.11 Å². The van der Waals surface area contributed by atoms with Gasteiger partial charge in [-0.05, 0) is 55.3 Å². The lowest BCUT2D eigenvalue weighted by Crippen LogP contribution is -2.47. The quantitative estimate of drug-likeness (QED) is 0.774. The maximum atomic E-state index is 12.7. The molecule has 150 valence electrons. The SMILES string of the molecule is CCC(=O)N(c1ccc(OC)cc1)C1CCN(Cc2cc(Cl)ccc2O)CC1. The van der Waals surface area contributed by atoms with E-state index in [-0.39, 0.29) is 17.7 Å². The molecule has 0 radical (unpaired) electrons. The molecule has 0 aromatic heterocycles. The standard InChI is InChI=1S/C22H27ClN2O3/c1-3-22(27)25(18-5-7-20(28-2)8-6-18)19-10-12-24(13-11-19)15-16-14-17(23)4-9-21(16)26/h4-9,14,19,26H,3,10-13,15H2,1-2H3. The third kappa shape index (κ3) is 4.78. The van der Waals surface area contributed by atoms with E-state index in [2.05, 4.69) is 4.90 Å². The number of phenolic OH excluding ortho intramolecular Hbond substituents is 1. The lowest BCUT2D eigenvalue weighted by Gasteiger charge is -2.38. The van der Waals surface area contributed by atoms with Crippen LogP contribution in [0.25, 0.3) is 0 Å². The van der Waals surface area contributed by atoms with E-state index in [9.17, 15) is 9.90 Å². The number of hydrogen-bond acceptors (Lipinski definition) is 4. The topological polar surface area (TPSA) is 53.0 Å². The number of phenols is 1. The van der Waals surface area contributed by atoms with Crippen molar-refractivity contribution in [2.75, 3.05) is 25.1 Å². The number of nitrogens with zero attached hydrogens (tertiary/aromatic N) is 2. The molecule has 0 aliphatic carbocycles. The average molecular weight is 403 g/mol. The number of rotatable bonds is 6. The second-order valence-corrected chi connectivity index (χ2v) is 7.53. The van der Waals surface area contributed by atoms with Gasteiger partial charge in [-0.1, -0.05) is 18.5 Å². The minimum absolute atomic E-state index is 0.135. The first kappa shape index (κ1) is 20.5. The molecular weight excluding hydrogens is 376 g/mol. The first-order valence-corrected chi connectivity index (χ1v) is 10.1. The third-order valence-corrected chi connectivity index (χ3v) is 5.51. The monoisotopic (exact) mass is 402 g/mol. The fourth-order valence-electron chi connectivity index (χ4n) is 3.73. The van der Waals surface area contributed by atoms with Gasteiger partial charge in [0.15, 0.2) is 0 Å². The number of ether oxygens (including phenoxy) is 1. The number of anilines is 1. The summed E-state index contributed by atoms with van der Waals surface area (Å²) in [4.78, 5) is 16.9. The molecule has 1 aliphatic heterocycles. The Hall–Kier alpha value is -2.24. The number of aromatic hydroxyl groups is 1. The highest BCUT2D eigenvalue weighted by Crippen LogP contribution is 2.28. The molecule has 0 spiro atoms. The minimum atomic E-state index is 0.135. The highest BCUT2D eigenvalue weighted by atomic mass is 35.5. The van der Waals surface area contributed by atoms with Crippen LogP contribution in [0.1, 0.15) is 31.7 Å². The van der Waals surface area contributed by atoms with Crippen molar-refractivity contribution in [2.24, 2.45) is 0 Å². The van der Waals surface area contributed by atoms with Crippen LogP contribution in [-0.2, 0) is 11.3 Å². The summed E-state index contributed by atoms with van der Waals surface area (Å²) in [6.07, 6.45) is 2.25. The van der Waals surface area contributed by atoms with E-state index >= 15 is 0 Å². The zero-order valence-electron chi connectivity index (χ0n) is 16.4. The zero-order chi connectivity index (χ0) is 20.1. The second-order valence-electron chi connectivity index (χ2n) is 7.10. The summed E-state index contributed by atoms with van der Waals surface area (Å²) in [6, 6.07) is 13.0. The highest BCUT2D eigenvalue weighted by molar-refractivity contribution is 6.30. The minimum Gasteiger partial charge on any atom is -0.508 e. The fourth-order valence-corrected chi connectivity index (χ4v) is 3.92. The Morgan fingerprint density at radius 2 is 1.89 bits per heavy atom. The van der Waals surface area contributed by atoms with Gasteiger partial charge in [-0.15, -0.1) is 0 Å². The van der Waals surface area contributed by atoms with Crippen molar-refractivity contribution in [3.05, 3.63) is 53.1 Å². The third-order valence-electron chi connectivity index (χ3n) is 5.28. The number of carbonyl (C=O) groups is 1. The Morgan fingerprint density at radius 1 is 1.21 bits per heavy atom. The van der Waals surface area contributed by atoms with Gasteiger partial charge in [-0.2, -0.15) is 0 Å². The second kappa shape index (κ2) is 9.30. The van der Waals surface area contributed by atoms with Gasteiger partial charge in [-0.3, -0.25) is 9.69 Å². The van der Waals surface area contributed by atoms with Gasteiger partial charge >= 0.3 is 0 Å². The predicted octanol–water partition coefficient (Wildman–Crippen LogP) is 4.46. The van der Waals surface area contributed by atoms with Crippen LogP contribution in [0.4, 0.5) is 5.69 Å². The summed E-state index contributed by atoms with van der Waals surface area (Å²) in [7, 11) is 1.64. The van der Waals surface area contributed by atoms with Crippen LogP contribution in [0.2, 0.25) is 5.02 Å². The maximum absolute atomic E-state index is 12.7. The van der Waals surface area contributed by atoms with Crippen LogP contribution in [-0.4, -0.2) is 42.2 Å². The molecule has 0 atom stereocenters. The van der Waals surface area contributed by atoms with Crippen molar-refractivity contribution in [1.29, 1.82) is 0 Å². The van der Waals surface area contributed by atoms with Crippen LogP contribution < -0.4 is 9.64 Å². The fraction of sp³-hybridized carbons (Fsp3) is 0.409. The molecule has 1 amide bonds. The molecule has 6 heteroatoms. The summed E-state index contributed by atoms with van der Waals surface area (Å²) >= 11 is 6.06. The predicted molar refractivity (Wildman–Crippen MR) is 112 cm³/mol. The molecule has 1 N–H and O–H groups in total. The van der Waals surface area contributed by atoms with Crippen molar-refractivity contribution in [3.8, 4) is 11.5 Å². The van der Waals surface area contributed by atoms with Crippen LogP contribution in [0, 0.1) is 0 Å². The number of likely N-dealkylation sites (tertiary alicyclic amines) is 1. The van der Waals surface area contributed by atoms with Gasteiger partial charge in [0.2, 0.25) is 5.91 Å². The van der Waals surface area contributed by atoms with Gasteiger partial charge in [0.25, 0.3) is 0 Å². The molecule has 3 rings (SSSR count). The summed E-state index contributed by atoms with van der Waals surface area (Å²) in [5.74, 6) is 1.19. The van der Waals surface area contributed by atoms with E-state index in [0.29, 0.717) is 18.0 Å². The Kier molecular flexibility index (Phi) is 6.81. The normalized spacial score (nSPS) is 15.4. The molecule has 1 heterocycles. The van der Waals surface area contributed by atoms with E-state index in [1.807, 2.05) is 42.2 Å². The van der Waals surface area contributed by atoms with Crippen LogP contribution in [0.3, 0.4) is 0 Å². The van der Waals surface area contributed by atoms with Crippen LogP contribution >= 0.6 is 11.6 Å². The number of piperidine rings is 1. The summed E-state index contributed by atoms with van der Waals surface area (Å²) < 4.78 is 5.23. The molecule has 28 heavy (non-hydrogen) atoms. The van der Waals surface area contributed by atoms with Crippen LogP contribution in [0.5, 0.6) is 11.5 Å². The van der Waals surface area contributed by atoms with Crippen molar-refractivity contribution in [2.45, 2.75) is 38.8 Å². The summed E-state index contributed by atoms with van der Waals surface area (Å²) in [5, 5.41) is 10.7. The average Bonchev–Trinajstić information content (AvgIpc) is 2.72. The van der Waals surface area contributed by atoms with E-state index in [0.717, 1.165) is 42.9 Å². The number of benzene rings is 2. The van der Waals surface area contributed by atoms with Gasteiger partial charge in [0, 0.05) is 48.4 Å². The summed E-state index contributed by atoms with van der Waals surface area (Å²) in [5.41, 5.74) is 1.75. The Morgan fingerprint density at radius 3 is 2.50 bits per heavy atom. The van der Waals surface area contributed by atoms with Crippen LogP contribution in [0.15, 0.2) is 42.5 Å². The smallest absolute Gasteiger partial charge is 0.226 e. The van der Waals surface area contributed by atoms with E-state index < -0.39 is 0 Å². The molecule has 2 aromatic rings. The highest BCUT2D eigenvalue weighted by Gasteiger charge is 2.28. The molecule has 0 unspecified atom stereocenters. The molecular formula is C22H27ClN2O3. The number of halogens is 1. The molecule has 1 fully saturated rings. The maximum Gasteiger partial charge on any atom is 0.226 e. The number of methoxy groups -OCH3 is 1. The van der Waals surface area contributed by atoms with Gasteiger partial charge < -0.3 is 14.7 Å². The van der Waals surface area contributed by atoms with E-state index in [1.54, 1.807) is 19.2 Å². The lowest BCUT2D eigenvalue weighted by atomic mass is 10.0. The van der Waals surface area contributed by atoms with Gasteiger partial charge in [0.1, 0.15) is 11.5 Å². The Bertz CT molecular complexity index is 802. The first-order valence-electron chi connectivity index (χ1n) is 9.67. The molecule has 0 bridgehead atoms. The van der Waals surface area contributed by atoms with E-state index in [1.165, 1.54) is 0 Å². The van der Waals surface area contributed by atoms with Crippen molar-refractivity contribution >= 4 is 23.2 Å². The molecule has 1 aliphatic rings. The Labute approximate surface area is 171 Å².